The van der Waals surface area contributed by atoms with E-state index in [1.54, 1.807) is 12.4 Å². The Morgan fingerprint density at radius 3 is 2.60 bits per heavy atom. The number of nitrogens with zero attached hydrogens (tertiary/aromatic N) is 2. The van der Waals surface area contributed by atoms with Crippen LogP contribution in [0.4, 0.5) is 4.39 Å². The number of aryl methyl sites for hydroxylation is 1. The number of phenols is 1. The van der Waals surface area contributed by atoms with E-state index >= 15 is 0 Å². The average Bonchev–Trinajstić information content (AvgIpc) is 2.41. The molecule has 0 amide bonds. The molecular weight excluding hydrogens is 279 g/mol. The molecule has 0 saturated heterocycles. The van der Waals surface area contributed by atoms with E-state index in [-0.39, 0.29) is 22.8 Å². The Kier molecular flexibility index (Phi) is 4.34. The van der Waals surface area contributed by atoms with Gasteiger partial charge in [-0.25, -0.2) is 14.4 Å². The van der Waals surface area contributed by atoms with Gasteiger partial charge < -0.3 is 5.11 Å². The van der Waals surface area contributed by atoms with Gasteiger partial charge in [0.2, 0.25) is 0 Å². The first-order valence-electron chi connectivity index (χ1n) is 5.91. The van der Waals surface area contributed by atoms with Crippen molar-refractivity contribution in [3.8, 4) is 5.75 Å². The van der Waals surface area contributed by atoms with Crippen molar-refractivity contribution in [1.29, 1.82) is 0 Å². The minimum Gasteiger partial charge on any atom is -0.507 e. The molecule has 0 aliphatic carbocycles. The molecule has 1 aromatic heterocycles. The summed E-state index contributed by atoms with van der Waals surface area (Å²) in [5.41, 5.74) is 1.29. The summed E-state index contributed by atoms with van der Waals surface area (Å²) < 4.78 is 13.4. The van der Waals surface area contributed by atoms with Crippen molar-refractivity contribution in [1.82, 2.24) is 9.97 Å². The molecule has 2 rings (SSSR count). The lowest BCUT2D eigenvalue weighted by Crippen LogP contribution is -1.98. The summed E-state index contributed by atoms with van der Waals surface area (Å²) in [4.78, 5) is 19.5. The molecule has 0 aliphatic heterocycles. The van der Waals surface area contributed by atoms with E-state index in [1.165, 1.54) is 24.8 Å². The fourth-order valence-corrected chi connectivity index (χ4v) is 2.39. The van der Waals surface area contributed by atoms with Crippen LogP contribution in [-0.4, -0.2) is 20.9 Å². The smallest absolute Gasteiger partial charge is 0.187 e. The van der Waals surface area contributed by atoms with Crippen LogP contribution >= 0.6 is 11.8 Å². The number of phenolic OH excluding ortho intramolecular Hbond substituents is 1. The van der Waals surface area contributed by atoms with Crippen molar-refractivity contribution >= 4 is 17.5 Å². The molecule has 6 heteroatoms. The molecule has 20 heavy (non-hydrogen) atoms. The predicted octanol–water partition coefficient (Wildman–Crippen LogP) is 3.12. The summed E-state index contributed by atoms with van der Waals surface area (Å²) in [6, 6.07) is 2.25. The zero-order chi connectivity index (χ0) is 14.7. The van der Waals surface area contributed by atoms with Gasteiger partial charge in [0.25, 0.3) is 0 Å². The molecule has 0 unspecified atom stereocenters. The molecule has 1 heterocycles. The van der Waals surface area contributed by atoms with Crippen molar-refractivity contribution in [3.63, 3.8) is 0 Å². The highest BCUT2D eigenvalue weighted by Gasteiger charge is 2.14. The molecule has 0 spiro atoms. The Morgan fingerprint density at radius 1 is 1.35 bits per heavy atom. The Morgan fingerprint density at radius 2 is 2.00 bits per heavy atom. The number of halogens is 1. The SMILES string of the molecule is CC(=O)c1cc(F)cc(CSc2ncc(C)cn2)c1O. The predicted molar refractivity (Wildman–Crippen MR) is 74.4 cm³/mol. The van der Waals surface area contributed by atoms with Crippen LogP contribution in [0.1, 0.15) is 28.4 Å². The number of benzene rings is 1. The highest BCUT2D eigenvalue weighted by atomic mass is 32.2. The third-order valence-electron chi connectivity index (χ3n) is 2.65. The number of Topliss-reactive ketones (excluding diaryl/α,β-unsaturated/α-hetero) is 1. The Balaban J connectivity index is 2.21. The summed E-state index contributed by atoms with van der Waals surface area (Å²) in [7, 11) is 0. The summed E-state index contributed by atoms with van der Waals surface area (Å²) in [6.45, 7) is 3.17. The van der Waals surface area contributed by atoms with Crippen LogP contribution in [0.2, 0.25) is 0 Å². The molecule has 0 aliphatic rings. The van der Waals surface area contributed by atoms with Crippen molar-refractivity contribution in [2.45, 2.75) is 24.8 Å². The molecule has 1 aromatic carbocycles. The number of rotatable bonds is 4. The number of carbonyl (C=O) groups is 1. The molecule has 4 nitrogen and oxygen atoms in total. The van der Waals surface area contributed by atoms with Crippen LogP contribution in [0, 0.1) is 12.7 Å². The van der Waals surface area contributed by atoms with Gasteiger partial charge in [-0.15, -0.1) is 0 Å². The van der Waals surface area contributed by atoms with Crippen molar-refractivity contribution in [3.05, 3.63) is 47.0 Å². The largest absolute Gasteiger partial charge is 0.507 e. The van der Waals surface area contributed by atoms with E-state index in [1.807, 2.05) is 6.92 Å². The molecule has 2 aromatic rings. The molecule has 0 saturated carbocycles. The number of aromatic nitrogens is 2. The highest BCUT2D eigenvalue weighted by molar-refractivity contribution is 7.98. The molecule has 1 N–H and O–H groups in total. The van der Waals surface area contributed by atoms with Crippen molar-refractivity contribution in [2.75, 3.05) is 0 Å². The topological polar surface area (TPSA) is 63.1 Å². The maximum atomic E-state index is 13.4. The Labute approximate surface area is 120 Å². The Hall–Kier alpha value is -1.95. The van der Waals surface area contributed by atoms with Crippen LogP contribution in [0.3, 0.4) is 0 Å². The lowest BCUT2D eigenvalue weighted by molar-refractivity contribution is 0.101. The number of thioether (sulfide) groups is 1. The van der Waals surface area contributed by atoms with E-state index in [0.717, 1.165) is 11.6 Å². The molecule has 0 atom stereocenters. The van der Waals surface area contributed by atoms with Crippen LogP contribution in [0.5, 0.6) is 5.75 Å². The molecule has 0 bridgehead atoms. The summed E-state index contributed by atoms with van der Waals surface area (Å²) >= 11 is 1.27. The monoisotopic (exact) mass is 292 g/mol. The molecular formula is C14H13FN2O2S. The number of ketones is 1. The van der Waals surface area contributed by atoms with Gasteiger partial charge in [-0.1, -0.05) is 11.8 Å². The van der Waals surface area contributed by atoms with Gasteiger partial charge >= 0.3 is 0 Å². The fraction of sp³-hybridized carbons (Fsp3) is 0.214. The summed E-state index contributed by atoms with van der Waals surface area (Å²) in [5, 5.41) is 10.5. The minimum atomic E-state index is -0.548. The van der Waals surface area contributed by atoms with Gasteiger partial charge in [-0.3, -0.25) is 4.79 Å². The maximum absolute atomic E-state index is 13.4. The number of carbonyl (C=O) groups excluding carboxylic acids is 1. The second-order valence-electron chi connectivity index (χ2n) is 4.35. The van der Waals surface area contributed by atoms with Gasteiger partial charge in [0.15, 0.2) is 10.9 Å². The number of hydrogen-bond acceptors (Lipinski definition) is 5. The summed E-state index contributed by atoms with van der Waals surface area (Å²) in [6.07, 6.45) is 3.36. The first-order valence-corrected chi connectivity index (χ1v) is 6.89. The zero-order valence-electron chi connectivity index (χ0n) is 11.1. The third kappa shape index (κ3) is 3.33. The quantitative estimate of drug-likeness (QED) is 0.533. The normalized spacial score (nSPS) is 10.6. The van der Waals surface area contributed by atoms with Crippen LogP contribution in [0.15, 0.2) is 29.7 Å². The van der Waals surface area contributed by atoms with E-state index in [4.69, 9.17) is 0 Å². The molecule has 0 fully saturated rings. The first kappa shape index (κ1) is 14.5. The zero-order valence-corrected chi connectivity index (χ0v) is 11.9. The lowest BCUT2D eigenvalue weighted by atomic mass is 10.1. The molecule has 0 radical (unpaired) electrons. The fourth-order valence-electron chi connectivity index (χ4n) is 1.63. The van der Waals surface area contributed by atoms with E-state index in [9.17, 15) is 14.3 Å². The highest BCUT2D eigenvalue weighted by Crippen LogP contribution is 2.29. The van der Waals surface area contributed by atoms with Gasteiger partial charge in [0.1, 0.15) is 11.6 Å². The van der Waals surface area contributed by atoms with Crippen molar-refractivity contribution in [2.24, 2.45) is 0 Å². The maximum Gasteiger partial charge on any atom is 0.187 e. The standard InChI is InChI=1S/C14H13FN2O2S/c1-8-5-16-14(17-6-8)20-7-10-3-11(15)4-12(9(2)18)13(10)19/h3-6,19H,7H2,1-2H3. The van der Waals surface area contributed by atoms with Crippen molar-refractivity contribution < 1.29 is 14.3 Å². The molecule has 104 valence electrons. The van der Waals surface area contributed by atoms with E-state index in [0.29, 0.717) is 10.7 Å². The van der Waals surface area contributed by atoms with Gasteiger partial charge in [-0.2, -0.15) is 0 Å². The Bertz CT molecular complexity index is 644. The van der Waals surface area contributed by atoms with Crippen LogP contribution in [-0.2, 0) is 5.75 Å². The van der Waals surface area contributed by atoms with Gasteiger partial charge in [0, 0.05) is 23.7 Å². The van der Waals surface area contributed by atoms with Gasteiger partial charge in [-0.05, 0) is 31.5 Å². The van der Waals surface area contributed by atoms with Gasteiger partial charge in [0.05, 0.1) is 5.56 Å². The second kappa shape index (κ2) is 6.00. The third-order valence-corrected chi connectivity index (χ3v) is 3.57. The number of aromatic hydroxyl groups is 1. The minimum absolute atomic E-state index is 0.00887. The second-order valence-corrected chi connectivity index (χ2v) is 5.29. The van der Waals surface area contributed by atoms with Crippen LogP contribution in [0.25, 0.3) is 0 Å². The lowest BCUT2D eigenvalue weighted by Gasteiger charge is -2.08. The van der Waals surface area contributed by atoms with E-state index < -0.39 is 5.82 Å². The number of hydrogen-bond donors (Lipinski definition) is 1. The average molecular weight is 292 g/mol. The summed E-state index contributed by atoms with van der Waals surface area (Å²) in [5.74, 6) is -0.820. The first-order chi connectivity index (χ1) is 9.47. The van der Waals surface area contributed by atoms with Crippen LogP contribution < -0.4 is 0 Å². The van der Waals surface area contributed by atoms with E-state index in [2.05, 4.69) is 9.97 Å².